The number of para-hydroxylation sites is 2. The number of halogens is 3. The Kier molecular flexibility index (Phi) is 6.95. The Morgan fingerprint density at radius 2 is 1.87 bits per heavy atom. The second kappa shape index (κ2) is 9.84. The molecule has 0 saturated heterocycles. The molecule has 1 aromatic heterocycles. The predicted octanol–water partition coefficient (Wildman–Crippen LogP) is 6.54. The number of ether oxygens (including phenoxy) is 1. The van der Waals surface area contributed by atoms with E-state index in [-0.39, 0.29) is 0 Å². The van der Waals surface area contributed by atoms with Crippen molar-refractivity contribution in [1.29, 1.82) is 0 Å². The molecule has 0 atom stereocenters. The first-order valence-corrected chi connectivity index (χ1v) is 11.1. The molecule has 0 aliphatic carbocycles. The molecule has 1 heterocycles. The minimum Gasteiger partial charge on any atom is -0.489 e. The van der Waals surface area contributed by atoms with E-state index in [9.17, 15) is 0 Å². The number of aromatic amines is 1. The molecule has 30 heavy (non-hydrogen) atoms. The smallest absolute Gasteiger partial charge is 0.124 e. The van der Waals surface area contributed by atoms with Gasteiger partial charge in [-0.2, -0.15) is 0 Å². The van der Waals surface area contributed by atoms with Crippen LogP contribution in [0.3, 0.4) is 0 Å². The van der Waals surface area contributed by atoms with Gasteiger partial charge >= 0.3 is 0 Å². The predicted molar refractivity (Wildman–Crippen MR) is 126 cm³/mol. The molecule has 7 heteroatoms. The largest absolute Gasteiger partial charge is 0.489 e. The molecular weight excluding hydrogens is 485 g/mol. The van der Waals surface area contributed by atoms with Crippen LogP contribution in [0.4, 0.5) is 0 Å². The van der Waals surface area contributed by atoms with Gasteiger partial charge in [-0.3, -0.25) is 0 Å². The highest BCUT2D eigenvalue weighted by molar-refractivity contribution is 9.10. The number of rotatable bonds is 8. The molecular formula is C23H20BrCl2N3O. The highest BCUT2D eigenvalue weighted by Gasteiger charge is 2.08. The highest BCUT2D eigenvalue weighted by Crippen LogP contribution is 2.26. The second-order valence-electron chi connectivity index (χ2n) is 6.90. The Bertz CT molecular complexity index is 1130. The lowest BCUT2D eigenvalue weighted by molar-refractivity contribution is 0.302. The molecule has 0 aliphatic rings. The molecule has 4 aromatic rings. The maximum absolute atomic E-state index is 6.26. The van der Waals surface area contributed by atoms with E-state index < -0.39 is 0 Å². The van der Waals surface area contributed by atoms with Crippen LogP contribution < -0.4 is 10.1 Å². The summed E-state index contributed by atoms with van der Waals surface area (Å²) in [5.41, 5.74) is 4.03. The monoisotopic (exact) mass is 503 g/mol. The van der Waals surface area contributed by atoms with Gasteiger partial charge in [0.1, 0.15) is 18.2 Å². The molecule has 2 N–H and O–H groups in total. The molecule has 0 amide bonds. The van der Waals surface area contributed by atoms with Crippen LogP contribution in [0.5, 0.6) is 5.75 Å². The highest BCUT2D eigenvalue weighted by atomic mass is 79.9. The van der Waals surface area contributed by atoms with Crippen molar-refractivity contribution in [1.82, 2.24) is 15.3 Å². The van der Waals surface area contributed by atoms with E-state index in [2.05, 4.69) is 37.3 Å². The van der Waals surface area contributed by atoms with Gasteiger partial charge in [-0.1, -0.05) is 57.3 Å². The van der Waals surface area contributed by atoms with E-state index in [1.165, 1.54) is 0 Å². The van der Waals surface area contributed by atoms with Crippen molar-refractivity contribution in [3.05, 3.63) is 92.1 Å². The molecule has 4 rings (SSSR count). The molecule has 0 unspecified atom stereocenters. The summed E-state index contributed by atoms with van der Waals surface area (Å²) in [4.78, 5) is 7.97. The fourth-order valence-corrected chi connectivity index (χ4v) is 4.05. The van der Waals surface area contributed by atoms with Crippen molar-refractivity contribution in [2.24, 2.45) is 0 Å². The summed E-state index contributed by atoms with van der Waals surface area (Å²) in [6.07, 6.45) is 0.819. The number of hydrogen-bond donors (Lipinski definition) is 2. The molecule has 154 valence electrons. The molecule has 0 saturated carbocycles. The van der Waals surface area contributed by atoms with Crippen molar-refractivity contribution in [3.63, 3.8) is 0 Å². The summed E-state index contributed by atoms with van der Waals surface area (Å²) in [6, 6.07) is 19.5. The number of hydrogen-bond acceptors (Lipinski definition) is 3. The van der Waals surface area contributed by atoms with Gasteiger partial charge in [0, 0.05) is 45.2 Å². The lowest BCUT2D eigenvalue weighted by Crippen LogP contribution is -2.18. The SMILES string of the molecule is Clc1ccc(COc2ccc(Br)cc2CNCCc2nc3ccccc3[nH]2)c(Cl)c1. The number of H-pyrrole nitrogens is 1. The van der Waals surface area contributed by atoms with Crippen LogP contribution in [-0.2, 0) is 19.6 Å². The standard InChI is InChI=1S/C23H20BrCl2N3O/c24-17-6-8-22(30-14-15-5-7-18(25)12-19(15)26)16(11-17)13-27-10-9-23-28-20-3-1-2-4-21(20)29-23/h1-8,11-12,27H,9-10,13-14H2,(H,28,29). The van der Waals surface area contributed by atoms with Gasteiger partial charge in [-0.15, -0.1) is 0 Å². The number of fused-ring (bicyclic) bond motifs is 1. The third kappa shape index (κ3) is 5.35. The van der Waals surface area contributed by atoms with Crippen LogP contribution in [0.15, 0.2) is 65.1 Å². The van der Waals surface area contributed by atoms with Gasteiger partial charge in [-0.05, 0) is 42.5 Å². The van der Waals surface area contributed by atoms with Crippen LogP contribution in [0, 0.1) is 0 Å². The molecule has 3 aromatic carbocycles. The molecule has 0 radical (unpaired) electrons. The van der Waals surface area contributed by atoms with E-state index in [1.807, 2.05) is 48.5 Å². The first kappa shape index (κ1) is 21.2. The number of aromatic nitrogens is 2. The van der Waals surface area contributed by atoms with Crippen LogP contribution in [0.25, 0.3) is 11.0 Å². The van der Waals surface area contributed by atoms with Crippen molar-refractivity contribution < 1.29 is 4.74 Å². The third-order valence-corrected chi connectivity index (χ3v) is 5.79. The van der Waals surface area contributed by atoms with Gasteiger partial charge in [0.15, 0.2) is 0 Å². The van der Waals surface area contributed by atoms with E-state index in [1.54, 1.807) is 6.07 Å². The van der Waals surface area contributed by atoms with Crippen LogP contribution >= 0.6 is 39.1 Å². The Labute approximate surface area is 193 Å². The van der Waals surface area contributed by atoms with E-state index in [0.29, 0.717) is 23.2 Å². The van der Waals surface area contributed by atoms with Gasteiger partial charge in [0.05, 0.1) is 11.0 Å². The summed E-state index contributed by atoms with van der Waals surface area (Å²) >= 11 is 15.8. The number of nitrogens with one attached hydrogen (secondary N) is 2. The molecule has 0 spiro atoms. The molecule has 4 nitrogen and oxygen atoms in total. The van der Waals surface area contributed by atoms with Gasteiger partial charge in [0.2, 0.25) is 0 Å². The average molecular weight is 505 g/mol. The summed E-state index contributed by atoms with van der Waals surface area (Å²) in [7, 11) is 0. The number of imidazole rings is 1. The molecule has 0 aliphatic heterocycles. The zero-order valence-electron chi connectivity index (χ0n) is 16.1. The summed E-state index contributed by atoms with van der Waals surface area (Å²) in [5, 5.41) is 4.69. The summed E-state index contributed by atoms with van der Waals surface area (Å²) < 4.78 is 7.06. The minimum absolute atomic E-state index is 0.379. The maximum Gasteiger partial charge on any atom is 0.124 e. The third-order valence-electron chi connectivity index (χ3n) is 4.71. The number of benzene rings is 3. The first-order chi connectivity index (χ1) is 14.6. The van der Waals surface area contributed by atoms with Gasteiger partial charge in [0.25, 0.3) is 0 Å². The fraction of sp³-hybridized carbons (Fsp3) is 0.174. The zero-order chi connectivity index (χ0) is 20.9. The normalized spacial score (nSPS) is 11.2. The van der Waals surface area contributed by atoms with Crippen molar-refractivity contribution in [2.75, 3.05) is 6.54 Å². The number of nitrogens with zero attached hydrogens (tertiary/aromatic N) is 1. The Hall–Kier alpha value is -2.05. The first-order valence-electron chi connectivity index (χ1n) is 9.58. The maximum atomic E-state index is 6.26. The lowest BCUT2D eigenvalue weighted by Gasteiger charge is -2.13. The van der Waals surface area contributed by atoms with Crippen molar-refractivity contribution >= 4 is 50.2 Å². The lowest BCUT2D eigenvalue weighted by atomic mass is 10.2. The van der Waals surface area contributed by atoms with Crippen molar-refractivity contribution in [2.45, 2.75) is 19.6 Å². The Balaban J connectivity index is 1.35. The van der Waals surface area contributed by atoms with Crippen LogP contribution in [0.2, 0.25) is 10.0 Å². The minimum atomic E-state index is 0.379. The molecule has 0 fully saturated rings. The topological polar surface area (TPSA) is 49.9 Å². The van der Waals surface area contributed by atoms with Crippen molar-refractivity contribution in [3.8, 4) is 5.75 Å². The second-order valence-corrected chi connectivity index (χ2v) is 8.66. The van der Waals surface area contributed by atoms with Crippen LogP contribution in [0.1, 0.15) is 17.0 Å². The van der Waals surface area contributed by atoms with Gasteiger partial charge < -0.3 is 15.0 Å². The fourth-order valence-electron chi connectivity index (χ4n) is 3.18. The zero-order valence-corrected chi connectivity index (χ0v) is 19.2. The quantitative estimate of drug-likeness (QED) is 0.268. The summed E-state index contributed by atoms with van der Waals surface area (Å²) in [5.74, 6) is 1.80. The van der Waals surface area contributed by atoms with Gasteiger partial charge in [-0.25, -0.2) is 4.98 Å². The van der Waals surface area contributed by atoms with Crippen LogP contribution in [-0.4, -0.2) is 16.5 Å². The van der Waals surface area contributed by atoms with E-state index in [4.69, 9.17) is 27.9 Å². The Morgan fingerprint density at radius 3 is 2.70 bits per heavy atom. The van der Waals surface area contributed by atoms with E-state index >= 15 is 0 Å². The van der Waals surface area contributed by atoms with E-state index in [0.717, 1.165) is 51.2 Å². The summed E-state index contributed by atoms with van der Waals surface area (Å²) in [6.45, 7) is 1.86. The Morgan fingerprint density at radius 1 is 1.00 bits per heavy atom. The molecule has 0 bridgehead atoms. The average Bonchev–Trinajstić information content (AvgIpc) is 3.14.